The van der Waals surface area contributed by atoms with Gasteiger partial charge in [0.05, 0.1) is 23.4 Å². The molecular weight excluding hydrogens is 402 g/mol. The average Bonchev–Trinajstić information content (AvgIpc) is 3.09. The Labute approximate surface area is 159 Å². The van der Waals surface area contributed by atoms with E-state index in [2.05, 4.69) is 36.5 Å². The van der Waals surface area contributed by atoms with Crippen LogP contribution in [-0.4, -0.2) is 59.2 Å². The van der Waals surface area contributed by atoms with E-state index in [1.165, 1.54) is 7.11 Å². The summed E-state index contributed by atoms with van der Waals surface area (Å²) in [5.41, 5.74) is 1.16. The lowest BCUT2D eigenvalue weighted by atomic mass is 10.1. The normalized spacial score (nSPS) is 16.5. The first-order chi connectivity index (χ1) is 12.5. The highest BCUT2D eigenvalue weighted by Crippen LogP contribution is 2.29. The van der Waals surface area contributed by atoms with E-state index in [0.717, 1.165) is 4.47 Å². The van der Waals surface area contributed by atoms with Crippen LogP contribution in [0.5, 0.6) is 5.75 Å². The van der Waals surface area contributed by atoms with Gasteiger partial charge in [-0.25, -0.2) is 4.98 Å². The summed E-state index contributed by atoms with van der Waals surface area (Å²) in [6.07, 6.45) is 1.80. The van der Waals surface area contributed by atoms with Gasteiger partial charge in [0.25, 0.3) is 5.91 Å². The largest absolute Gasteiger partial charge is 0.495 e. The molecule has 0 saturated carbocycles. The first-order valence-electron chi connectivity index (χ1n) is 8.14. The van der Waals surface area contributed by atoms with Gasteiger partial charge in [-0.1, -0.05) is 0 Å². The fourth-order valence-electron chi connectivity index (χ4n) is 2.76. The molecule has 9 heteroatoms. The molecule has 1 unspecified atom stereocenters. The Morgan fingerprint density at radius 2 is 2.27 bits per heavy atom. The summed E-state index contributed by atoms with van der Waals surface area (Å²) in [4.78, 5) is 22.8. The second-order valence-corrected chi connectivity index (χ2v) is 6.73. The average molecular weight is 422 g/mol. The van der Waals surface area contributed by atoms with Crippen LogP contribution >= 0.6 is 15.9 Å². The number of carbonyl (C=O) groups is 1. The standard InChI is InChI=1S/C17H20BrN5O3/c1-19-15-12(18)8-20-17(22-15)21-13-4-3-10(7-14(13)26-2)16(25)23-6-5-11(24)9-23/h3-4,7-8,11,24H,5-6,9H2,1-2H3,(H2,19,20,21,22). The fraction of sp³-hybridized carbons (Fsp3) is 0.353. The van der Waals surface area contributed by atoms with Gasteiger partial charge >= 0.3 is 0 Å². The molecule has 1 aromatic carbocycles. The van der Waals surface area contributed by atoms with Crippen LogP contribution < -0.4 is 15.4 Å². The summed E-state index contributed by atoms with van der Waals surface area (Å²) >= 11 is 3.37. The van der Waals surface area contributed by atoms with Crippen LogP contribution in [-0.2, 0) is 0 Å². The maximum Gasteiger partial charge on any atom is 0.254 e. The van der Waals surface area contributed by atoms with E-state index in [9.17, 15) is 9.90 Å². The number of hydrogen-bond acceptors (Lipinski definition) is 7. The zero-order valence-electron chi connectivity index (χ0n) is 14.5. The SMILES string of the molecule is CNc1nc(Nc2ccc(C(=O)N3CCC(O)C3)cc2OC)ncc1Br. The Kier molecular flexibility index (Phi) is 5.58. The number of benzene rings is 1. The maximum absolute atomic E-state index is 12.6. The van der Waals surface area contributed by atoms with Crippen molar-refractivity contribution in [2.24, 2.45) is 0 Å². The Balaban J connectivity index is 1.82. The van der Waals surface area contributed by atoms with E-state index in [1.807, 2.05) is 0 Å². The number of halogens is 1. The number of ether oxygens (including phenoxy) is 1. The molecule has 0 aliphatic carbocycles. The van der Waals surface area contributed by atoms with Gasteiger partial charge in [-0.15, -0.1) is 0 Å². The highest BCUT2D eigenvalue weighted by atomic mass is 79.9. The molecule has 138 valence electrons. The number of likely N-dealkylation sites (tertiary alicyclic amines) is 1. The van der Waals surface area contributed by atoms with Crippen molar-refractivity contribution in [1.29, 1.82) is 0 Å². The molecule has 8 nitrogen and oxygen atoms in total. The molecule has 2 aromatic rings. The number of rotatable bonds is 5. The lowest BCUT2D eigenvalue weighted by molar-refractivity contribution is 0.0764. The summed E-state index contributed by atoms with van der Waals surface area (Å²) in [5.74, 6) is 1.44. The number of aliphatic hydroxyl groups excluding tert-OH is 1. The highest BCUT2D eigenvalue weighted by Gasteiger charge is 2.26. The van der Waals surface area contributed by atoms with Crippen LogP contribution in [0.4, 0.5) is 17.5 Å². The van der Waals surface area contributed by atoms with E-state index in [-0.39, 0.29) is 5.91 Å². The van der Waals surface area contributed by atoms with Crippen LogP contribution in [0.1, 0.15) is 16.8 Å². The Morgan fingerprint density at radius 3 is 2.92 bits per heavy atom. The van der Waals surface area contributed by atoms with E-state index in [0.29, 0.717) is 48.3 Å². The predicted molar refractivity (Wildman–Crippen MR) is 102 cm³/mol. The first kappa shape index (κ1) is 18.4. The van der Waals surface area contributed by atoms with Gasteiger partial charge in [0.15, 0.2) is 0 Å². The first-order valence-corrected chi connectivity index (χ1v) is 8.93. The van der Waals surface area contributed by atoms with Gasteiger partial charge in [0.2, 0.25) is 5.95 Å². The molecular formula is C17H20BrN5O3. The zero-order valence-corrected chi connectivity index (χ0v) is 16.1. The summed E-state index contributed by atoms with van der Waals surface area (Å²) in [6.45, 7) is 0.919. The Morgan fingerprint density at radius 1 is 1.46 bits per heavy atom. The monoisotopic (exact) mass is 421 g/mol. The number of aliphatic hydroxyl groups is 1. The van der Waals surface area contributed by atoms with Crippen molar-refractivity contribution in [3.8, 4) is 5.75 Å². The number of nitrogens with zero attached hydrogens (tertiary/aromatic N) is 3. The molecule has 1 fully saturated rings. The number of carbonyl (C=O) groups excluding carboxylic acids is 1. The number of β-amino-alcohol motifs (C(OH)–C–C–N with tert-alkyl or cyclic N) is 1. The lowest BCUT2D eigenvalue weighted by Gasteiger charge is -2.17. The smallest absolute Gasteiger partial charge is 0.254 e. The summed E-state index contributed by atoms with van der Waals surface area (Å²) in [5, 5.41) is 15.7. The van der Waals surface area contributed by atoms with Gasteiger partial charge in [0.1, 0.15) is 11.6 Å². The van der Waals surface area contributed by atoms with Crippen LogP contribution in [0, 0.1) is 0 Å². The number of anilines is 3. The van der Waals surface area contributed by atoms with Crippen molar-refractivity contribution >= 4 is 39.3 Å². The second-order valence-electron chi connectivity index (χ2n) is 5.87. The third-order valence-electron chi connectivity index (χ3n) is 4.13. The molecule has 0 radical (unpaired) electrons. The second kappa shape index (κ2) is 7.88. The van der Waals surface area contributed by atoms with Gasteiger partial charge in [-0.2, -0.15) is 4.98 Å². The van der Waals surface area contributed by atoms with Crippen molar-refractivity contribution in [2.75, 3.05) is 37.9 Å². The van der Waals surface area contributed by atoms with E-state index in [4.69, 9.17) is 4.74 Å². The molecule has 2 heterocycles. The molecule has 0 spiro atoms. The fourth-order valence-corrected chi connectivity index (χ4v) is 3.15. The minimum absolute atomic E-state index is 0.122. The predicted octanol–water partition coefficient (Wildman–Crippen LogP) is 2.24. The van der Waals surface area contributed by atoms with E-state index < -0.39 is 6.10 Å². The van der Waals surface area contributed by atoms with Crippen molar-refractivity contribution < 1.29 is 14.6 Å². The molecule has 3 N–H and O–H groups in total. The van der Waals surface area contributed by atoms with Gasteiger partial charge in [0, 0.05) is 31.9 Å². The molecule has 1 aliphatic rings. The molecule has 1 amide bonds. The molecule has 1 saturated heterocycles. The topological polar surface area (TPSA) is 99.6 Å². The Bertz CT molecular complexity index is 817. The van der Waals surface area contributed by atoms with Crippen LogP contribution in [0.15, 0.2) is 28.9 Å². The lowest BCUT2D eigenvalue weighted by Crippen LogP contribution is -2.29. The highest BCUT2D eigenvalue weighted by molar-refractivity contribution is 9.10. The molecule has 26 heavy (non-hydrogen) atoms. The quantitative estimate of drug-likeness (QED) is 0.680. The zero-order chi connectivity index (χ0) is 18.7. The summed E-state index contributed by atoms with van der Waals surface area (Å²) in [6, 6.07) is 5.14. The number of methoxy groups -OCH3 is 1. The molecule has 3 rings (SSSR count). The number of hydrogen-bond donors (Lipinski definition) is 3. The van der Waals surface area contributed by atoms with Gasteiger partial charge in [-0.3, -0.25) is 4.79 Å². The Hall–Kier alpha value is -2.39. The molecule has 1 atom stereocenters. The minimum atomic E-state index is -0.447. The molecule has 1 aromatic heterocycles. The van der Waals surface area contributed by atoms with Crippen LogP contribution in [0.3, 0.4) is 0 Å². The summed E-state index contributed by atoms with van der Waals surface area (Å²) < 4.78 is 6.17. The molecule has 1 aliphatic heterocycles. The maximum atomic E-state index is 12.6. The third-order valence-corrected chi connectivity index (χ3v) is 4.71. The van der Waals surface area contributed by atoms with Crippen LogP contribution in [0.25, 0.3) is 0 Å². The van der Waals surface area contributed by atoms with E-state index in [1.54, 1.807) is 36.3 Å². The van der Waals surface area contributed by atoms with E-state index >= 15 is 0 Å². The van der Waals surface area contributed by atoms with Gasteiger partial charge in [-0.05, 0) is 40.5 Å². The number of aromatic nitrogens is 2. The number of nitrogens with one attached hydrogen (secondary N) is 2. The summed E-state index contributed by atoms with van der Waals surface area (Å²) in [7, 11) is 3.31. The van der Waals surface area contributed by atoms with Crippen molar-refractivity contribution in [3.05, 3.63) is 34.4 Å². The number of amides is 1. The van der Waals surface area contributed by atoms with Crippen molar-refractivity contribution in [2.45, 2.75) is 12.5 Å². The van der Waals surface area contributed by atoms with Crippen molar-refractivity contribution in [1.82, 2.24) is 14.9 Å². The van der Waals surface area contributed by atoms with Gasteiger partial charge < -0.3 is 25.4 Å². The molecule has 0 bridgehead atoms. The van der Waals surface area contributed by atoms with Crippen LogP contribution in [0.2, 0.25) is 0 Å². The van der Waals surface area contributed by atoms with Crippen molar-refractivity contribution in [3.63, 3.8) is 0 Å². The third kappa shape index (κ3) is 3.88. The minimum Gasteiger partial charge on any atom is -0.495 e.